The van der Waals surface area contributed by atoms with E-state index in [1.165, 1.54) is 24.8 Å². The van der Waals surface area contributed by atoms with Crippen LogP contribution < -0.4 is 9.62 Å². The highest BCUT2D eigenvalue weighted by atomic mass is 32.2. The molecule has 0 amide bonds. The molecule has 6 heteroatoms. The SMILES string of the molecule is CCC1CCOCC1.CCc1ccc(N(CC(C)C)S(=O)(=O)c2ccc3c(c2)CCCN3)cc1. The van der Waals surface area contributed by atoms with Crippen molar-refractivity contribution in [1.29, 1.82) is 0 Å². The van der Waals surface area contributed by atoms with Crippen LogP contribution in [0.25, 0.3) is 0 Å². The summed E-state index contributed by atoms with van der Waals surface area (Å²) in [6.07, 6.45) is 6.80. The Morgan fingerprint density at radius 3 is 2.35 bits per heavy atom. The number of hydrogen-bond donors (Lipinski definition) is 1. The van der Waals surface area contributed by atoms with E-state index in [-0.39, 0.29) is 5.92 Å². The number of aryl methyl sites for hydroxylation is 2. The number of rotatable bonds is 7. The third kappa shape index (κ3) is 6.98. The van der Waals surface area contributed by atoms with Crippen molar-refractivity contribution in [2.75, 3.05) is 35.9 Å². The predicted molar refractivity (Wildman–Crippen MR) is 142 cm³/mol. The van der Waals surface area contributed by atoms with Crippen LogP contribution in [0.15, 0.2) is 47.4 Å². The molecule has 0 atom stereocenters. The normalized spacial score (nSPS) is 16.3. The van der Waals surface area contributed by atoms with E-state index in [9.17, 15) is 8.42 Å². The van der Waals surface area contributed by atoms with Gasteiger partial charge >= 0.3 is 0 Å². The summed E-state index contributed by atoms with van der Waals surface area (Å²) in [5, 5.41) is 3.34. The summed E-state index contributed by atoms with van der Waals surface area (Å²) >= 11 is 0. The third-order valence-corrected chi connectivity index (χ3v) is 8.47. The molecule has 5 nitrogen and oxygen atoms in total. The Morgan fingerprint density at radius 1 is 1.06 bits per heavy atom. The molecule has 2 aromatic carbocycles. The molecule has 188 valence electrons. The number of nitrogens with one attached hydrogen (secondary N) is 1. The number of anilines is 2. The molecule has 4 rings (SSSR count). The smallest absolute Gasteiger partial charge is 0.264 e. The summed E-state index contributed by atoms with van der Waals surface area (Å²) in [6, 6.07) is 13.3. The number of nitrogens with zero attached hydrogens (tertiary/aromatic N) is 1. The Morgan fingerprint density at radius 2 is 1.76 bits per heavy atom. The molecule has 0 aromatic heterocycles. The van der Waals surface area contributed by atoms with Gasteiger partial charge in [-0.1, -0.05) is 46.2 Å². The van der Waals surface area contributed by atoms with Gasteiger partial charge in [0, 0.05) is 32.0 Å². The minimum absolute atomic E-state index is 0.231. The number of benzene rings is 2. The van der Waals surface area contributed by atoms with Crippen molar-refractivity contribution in [3.63, 3.8) is 0 Å². The maximum atomic E-state index is 13.4. The van der Waals surface area contributed by atoms with Crippen molar-refractivity contribution in [3.8, 4) is 0 Å². The maximum absolute atomic E-state index is 13.4. The second-order valence-corrected chi connectivity index (χ2v) is 11.6. The van der Waals surface area contributed by atoms with Crippen LogP contribution in [0, 0.1) is 11.8 Å². The van der Waals surface area contributed by atoms with Crippen molar-refractivity contribution in [3.05, 3.63) is 53.6 Å². The van der Waals surface area contributed by atoms with Gasteiger partial charge in [-0.3, -0.25) is 4.31 Å². The second kappa shape index (κ2) is 12.6. The van der Waals surface area contributed by atoms with Crippen LogP contribution in [0.3, 0.4) is 0 Å². The Kier molecular flexibility index (Phi) is 9.84. The van der Waals surface area contributed by atoms with Crippen LogP contribution in [0.2, 0.25) is 0 Å². The number of hydrogen-bond acceptors (Lipinski definition) is 4. The van der Waals surface area contributed by atoms with E-state index in [1.807, 2.05) is 50.2 Å². The average molecular weight is 487 g/mol. The predicted octanol–water partition coefficient (Wildman–Crippen LogP) is 6.28. The second-order valence-electron chi connectivity index (χ2n) is 9.76. The monoisotopic (exact) mass is 486 g/mol. The lowest BCUT2D eigenvalue weighted by molar-refractivity contribution is 0.0654. The first-order valence-electron chi connectivity index (χ1n) is 12.9. The molecule has 34 heavy (non-hydrogen) atoms. The van der Waals surface area contributed by atoms with Gasteiger partial charge in [0.2, 0.25) is 0 Å². The molecule has 0 bridgehead atoms. The van der Waals surface area contributed by atoms with E-state index in [1.54, 1.807) is 10.4 Å². The van der Waals surface area contributed by atoms with E-state index >= 15 is 0 Å². The summed E-state index contributed by atoms with van der Waals surface area (Å²) in [6.45, 7) is 11.8. The van der Waals surface area contributed by atoms with Crippen molar-refractivity contribution in [2.24, 2.45) is 11.8 Å². The number of sulfonamides is 1. The molecule has 2 heterocycles. The molecule has 1 saturated heterocycles. The van der Waals surface area contributed by atoms with Crippen LogP contribution in [0.4, 0.5) is 11.4 Å². The lowest BCUT2D eigenvalue weighted by Gasteiger charge is -2.27. The van der Waals surface area contributed by atoms with E-state index in [4.69, 9.17) is 4.74 Å². The van der Waals surface area contributed by atoms with Gasteiger partial charge in [-0.05, 0) is 85.4 Å². The quantitative estimate of drug-likeness (QED) is 0.500. The van der Waals surface area contributed by atoms with E-state index in [2.05, 4.69) is 19.2 Å². The van der Waals surface area contributed by atoms with Crippen molar-refractivity contribution < 1.29 is 13.2 Å². The summed E-state index contributed by atoms with van der Waals surface area (Å²) in [5.74, 6) is 1.19. The van der Waals surface area contributed by atoms with Gasteiger partial charge in [0.25, 0.3) is 10.0 Å². The topological polar surface area (TPSA) is 58.6 Å². The molecule has 1 N–H and O–H groups in total. The molecule has 2 aromatic rings. The van der Waals surface area contributed by atoms with Crippen molar-refractivity contribution >= 4 is 21.4 Å². The summed E-state index contributed by atoms with van der Waals surface area (Å²) in [5.41, 5.74) is 4.07. The fraction of sp³-hybridized carbons (Fsp3) is 0.571. The Bertz CT molecular complexity index is 997. The minimum Gasteiger partial charge on any atom is -0.385 e. The zero-order valence-corrected chi connectivity index (χ0v) is 22.2. The first-order chi connectivity index (χ1) is 16.3. The molecule has 0 spiro atoms. The molecule has 2 aliphatic rings. The lowest BCUT2D eigenvalue weighted by Crippen LogP contribution is -2.34. The van der Waals surface area contributed by atoms with E-state index < -0.39 is 10.0 Å². The number of fused-ring (bicyclic) bond motifs is 1. The van der Waals surface area contributed by atoms with Crippen LogP contribution in [-0.2, 0) is 27.6 Å². The van der Waals surface area contributed by atoms with E-state index in [0.29, 0.717) is 11.4 Å². The van der Waals surface area contributed by atoms with Gasteiger partial charge in [-0.2, -0.15) is 0 Å². The molecule has 2 aliphatic heterocycles. The molecule has 0 aliphatic carbocycles. The Balaban J connectivity index is 0.000000343. The molecule has 0 unspecified atom stereocenters. The highest BCUT2D eigenvalue weighted by molar-refractivity contribution is 7.92. The van der Waals surface area contributed by atoms with Crippen molar-refractivity contribution in [2.45, 2.75) is 71.1 Å². The molecular weight excluding hydrogens is 444 g/mol. The average Bonchev–Trinajstić information content (AvgIpc) is 2.87. The maximum Gasteiger partial charge on any atom is 0.264 e. The van der Waals surface area contributed by atoms with Gasteiger partial charge in [0.15, 0.2) is 0 Å². The third-order valence-electron chi connectivity index (χ3n) is 6.68. The Hall–Kier alpha value is -2.05. The van der Waals surface area contributed by atoms with Crippen LogP contribution in [0.5, 0.6) is 0 Å². The zero-order valence-electron chi connectivity index (χ0n) is 21.3. The minimum atomic E-state index is -3.60. The first kappa shape index (κ1) is 26.6. The van der Waals surface area contributed by atoms with Gasteiger partial charge < -0.3 is 10.1 Å². The van der Waals surface area contributed by atoms with Gasteiger partial charge in [0.05, 0.1) is 10.6 Å². The van der Waals surface area contributed by atoms with Crippen LogP contribution >= 0.6 is 0 Å². The lowest BCUT2D eigenvalue weighted by atomic mass is 9.98. The van der Waals surface area contributed by atoms with Crippen LogP contribution in [0.1, 0.15) is 64.5 Å². The molecule has 0 saturated carbocycles. The summed E-state index contributed by atoms with van der Waals surface area (Å²) < 4.78 is 33.6. The fourth-order valence-electron chi connectivity index (χ4n) is 4.47. The Labute approximate surface area is 207 Å². The first-order valence-corrected chi connectivity index (χ1v) is 14.3. The molecule has 1 fully saturated rings. The largest absolute Gasteiger partial charge is 0.385 e. The summed E-state index contributed by atoms with van der Waals surface area (Å²) in [7, 11) is -3.60. The molecular formula is C28H42N2O3S. The van der Waals surface area contributed by atoms with Crippen molar-refractivity contribution in [1.82, 2.24) is 0 Å². The standard InChI is InChI=1S/C21H28N2O2S.C7H14O/c1-4-17-7-9-19(10-8-17)23(15-16(2)3)26(24,25)20-11-12-21-18(14-20)6-5-13-22-21;1-2-7-3-5-8-6-4-7/h7-12,14,16,22H,4-6,13,15H2,1-3H3;7H,2-6H2,1H3. The number of ether oxygens (including phenoxy) is 1. The summed E-state index contributed by atoms with van der Waals surface area (Å²) in [4.78, 5) is 0.375. The van der Waals surface area contributed by atoms with Crippen LogP contribution in [-0.4, -0.2) is 34.7 Å². The van der Waals surface area contributed by atoms with Gasteiger partial charge in [-0.15, -0.1) is 0 Å². The van der Waals surface area contributed by atoms with Gasteiger partial charge in [-0.25, -0.2) is 8.42 Å². The fourth-order valence-corrected chi connectivity index (χ4v) is 6.14. The zero-order chi connectivity index (χ0) is 24.6. The highest BCUT2D eigenvalue weighted by Gasteiger charge is 2.27. The molecule has 0 radical (unpaired) electrons. The van der Waals surface area contributed by atoms with Gasteiger partial charge in [0.1, 0.15) is 0 Å². The van der Waals surface area contributed by atoms with E-state index in [0.717, 1.165) is 61.9 Å². The highest BCUT2D eigenvalue weighted by Crippen LogP contribution is 2.30.